The Bertz CT molecular complexity index is 1040. The zero-order valence-corrected chi connectivity index (χ0v) is 18.7. The van der Waals surface area contributed by atoms with E-state index in [4.69, 9.17) is 21.1 Å². The Balaban J connectivity index is 1.81. The lowest BCUT2D eigenvalue weighted by Crippen LogP contribution is -2.43. The van der Waals surface area contributed by atoms with Gasteiger partial charge in [-0.2, -0.15) is 4.31 Å². The molecule has 0 spiro atoms. The van der Waals surface area contributed by atoms with Gasteiger partial charge in [0, 0.05) is 29.9 Å². The van der Waals surface area contributed by atoms with Crippen LogP contribution in [0.2, 0.25) is 5.02 Å². The Morgan fingerprint density at radius 1 is 1.20 bits per heavy atom. The molecule has 0 radical (unpaired) electrons. The minimum Gasteiger partial charge on any atom is -0.497 e. The highest BCUT2D eigenvalue weighted by molar-refractivity contribution is 7.89. The Labute approximate surface area is 182 Å². The average Bonchev–Trinajstić information content (AvgIpc) is 2.76. The molecule has 2 aromatic rings. The quantitative estimate of drug-likeness (QED) is 0.722. The number of carbonyl (C=O) groups is 1. The van der Waals surface area contributed by atoms with E-state index in [-0.39, 0.29) is 23.1 Å². The van der Waals surface area contributed by atoms with Gasteiger partial charge in [0.05, 0.1) is 20.1 Å². The second-order valence-electron chi connectivity index (χ2n) is 7.12. The van der Waals surface area contributed by atoms with Crippen molar-refractivity contribution in [3.63, 3.8) is 0 Å². The van der Waals surface area contributed by atoms with Crippen molar-refractivity contribution in [3.8, 4) is 11.5 Å². The van der Waals surface area contributed by atoms with E-state index < -0.39 is 15.9 Å². The summed E-state index contributed by atoms with van der Waals surface area (Å²) in [4.78, 5) is 12.9. The summed E-state index contributed by atoms with van der Waals surface area (Å²) in [5.41, 5.74) is 1.40. The number of rotatable bonds is 6. The lowest BCUT2D eigenvalue weighted by molar-refractivity contribution is -0.120. The van der Waals surface area contributed by atoms with Crippen LogP contribution in [0.15, 0.2) is 41.3 Å². The maximum atomic E-state index is 13.3. The molecule has 1 aliphatic heterocycles. The molecule has 0 unspecified atom stereocenters. The number of amides is 1. The van der Waals surface area contributed by atoms with Crippen LogP contribution in [0.5, 0.6) is 11.5 Å². The number of halogens is 1. The zero-order valence-electron chi connectivity index (χ0n) is 17.1. The molecule has 1 atom stereocenters. The summed E-state index contributed by atoms with van der Waals surface area (Å²) in [6.07, 6.45) is 1.19. The molecular formula is C21H25ClN2O5S. The van der Waals surface area contributed by atoms with Gasteiger partial charge in [0.1, 0.15) is 16.4 Å². The fraction of sp³-hybridized carbons (Fsp3) is 0.381. The number of piperidine rings is 1. The lowest BCUT2D eigenvalue weighted by Gasteiger charge is -2.31. The molecule has 1 amide bonds. The van der Waals surface area contributed by atoms with E-state index in [0.717, 1.165) is 5.56 Å². The molecule has 9 heteroatoms. The van der Waals surface area contributed by atoms with Gasteiger partial charge >= 0.3 is 0 Å². The molecule has 7 nitrogen and oxygen atoms in total. The standard InChI is InChI=1S/C21H25ClN2O5S/c1-14-17(22)7-4-8-18(14)23-21(25)15-6-5-11-24(13-15)30(26,27)20-12-16(28-2)9-10-19(20)29-3/h4,7-10,12,15H,5-6,11,13H2,1-3H3,(H,23,25)/t15-/m0/s1. The van der Waals surface area contributed by atoms with Gasteiger partial charge in [-0.05, 0) is 49.6 Å². The Morgan fingerprint density at radius 2 is 1.97 bits per heavy atom. The van der Waals surface area contributed by atoms with E-state index in [9.17, 15) is 13.2 Å². The Hall–Kier alpha value is -2.29. The topological polar surface area (TPSA) is 84.9 Å². The number of nitrogens with zero attached hydrogens (tertiary/aromatic N) is 1. The number of methoxy groups -OCH3 is 2. The molecule has 0 aliphatic carbocycles. The van der Waals surface area contributed by atoms with Gasteiger partial charge in [0.25, 0.3) is 0 Å². The third-order valence-corrected chi connectivity index (χ3v) is 7.56. The predicted molar refractivity (Wildman–Crippen MR) is 116 cm³/mol. The molecule has 1 heterocycles. The smallest absolute Gasteiger partial charge is 0.246 e. The van der Waals surface area contributed by atoms with Crippen LogP contribution in [0.3, 0.4) is 0 Å². The average molecular weight is 453 g/mol. The monoisotopic (exact) mass is 452 g/mol. The van der Waals surface area contributed by atoms with Crippen LogP contribution in [-0.4, -0.2) is 45.9 Å². The molecule has 0 aromatic heterocycles. The molecule has 30 heavy (non-hydrogen) atoms. The SMILES string of the molecule is COc1ccc(OC)c(S(=O)(=O)N2CCC[C@H](C(=O)Nc3cccc(Cl)c3C)C2)c1. The first kappa shape index (κ1) is 22.4. The van der Waals surface area contributed by atoms with Gasteiger partial charge in [-0.25, -0.2) is 8.42 Å². The maximum Gasteiger partial charge on any atom is 0.246 e. The van der Waals surface area contributed by atoms with Gasteiger partial charge in [0.15, 0.2) is 0 Å². The molecular weight excluding hydrogens is 428 g/mol. The molecule has 1 fully saturated rings. The summed E-state index contributed by atoms with van der Waals surface area (Å²) < 4.78 is 38.4. The van der Waals surface area contributed by atoms with Gasteiger partial charge in [-0.1, -0.05) is 17.7 Å². The number of sulfonamides is 1. The molecule has 1 aliphatic rings. The number of anilines is 1. The van der Waals surface area contributed by atoms with Gasteiger partial charge < -0.3 is 14.8 Å². The van der Waals surface area contributed by atoms with E-state index in [1.807, 2.05) is 6.92 Å². The first-order chi connectivity index (χ1) is 14.3. The van der Waals surface area contributed by atoms with Crippen molar-refractivity contribution in [1.82, 2.24) is 4.31 Å². The molecule has 3 rings (SSSR count). The highest BCUT2D eigenvalue weighted by Crippen LogP contribution is 2.33. The van der Waals surface area contributed by atoms with Crippen LogP contribution in [0.25, 0.3) is 0 Å². The van der Waals surface area contributed by atoms with Crippen molar-refractivity contribution in [2.45, 2.75) is 24.7 Å². The summed E-state index contributed by atoms with van der Waals surface area (Å²) >= 11 is 6.13. The van der Waals surface area contributed by atoms with Gasteiger partial charge in [-0.3, -0.25) is 4.79 Å². The predicted octanol–water partition coefficient (Wildman–Crippen LogP) is 3.71. The molecule has 0 bridgehead atoms. The van der Waals surface area contributed by atoms with Crippen LogP contribution in [0, 0.1) is 12.8 Å². The van der Waals surface area contributed by atoms with Crippen LogP contribution in [0.1, 0.15) is 18.4 Å². The van der Waals surface area contributed by atoms with Crippen molar-refractivity contribution in [3.05, 3.63) is 47.0 Å². The van der Waals surface area contributed by atoms with Crippen LogP contribution < -0.4 is 14.8 Å². The summed E-state index contributed by atoms with van der Waals surface area (Å²) in [5.74, 6) is -0.0459. The molecule has 1 N–H and O–H groups in total. The summed E-state index contributed by atoms with van der Waals surface area (Å²) in [7, 11) is -0.978. The summed E-state index contributed by atoms with van der Waals surface area (Å²) in [6, 6.07) is 9.92. The molecule has 162 valence electrons. The van der Waals surface area contributed by atoms with Crippen LogP contribution >= 0.6 is 11.6 Å². The third-order valence-electron chi connectivity index (χ3n) is 5.27. The minimum absolute atomic E-state index is 0.0242. The minimum atomic E-state index is -3.86. The van der Waals surface area contributed by atoms with Crippen LogP contribution in [0.4, 0.5) is 5.69 Å². The highest BCUT2D eigenvalue weighted by atomic mass is 35.5. The summed E-state index contributed by atoms with van der Waals surface area (Å²) in [5, 5.41) is 3.44. The van der Waals surface area contributed by atoms with Gasteiger partial charge in [0.2, 0.25) is 15.9 Å². The lowest BCUT2D eigenvalue weighted by atomic mass is 9.98. The van der Waals surface area contributed by atoms with Gasteiger partial charge in [-0.15, -0.1) is 0 Å². The highest BCUT2D eigenvalue weighted by Gasteiger charge is 2.35. The number of ether oxygens (including phenoxy) is 2. The van der Waals surface area contributed by atoms with Crippen molar-refractivity contribution in [2.75, 3.05) is 32.6 Å². The Morgan fingerprint density at radius 3 is 2.67 bits per heavy atom. The van der Waals surface area contributed by atoms with E-state index in [1.165, 1.54) is 24.6 Å². The molecule has 1 saturated heterocycles. The molecule has 2 aromatic carbocycles. The maximum absolute atomic E-state index is 13.3. The van der Waals surface area contributed by atoms with E-state index >= 15 is 0 Å². The van der Waals surface area contributed by atoms with E-state index in [1.54, 1.807) is 30.3 Å². The second-order valence-corrected chi connectivity index (χ2v) is 9.43. The van der Waals surface area contributed by atoms with Crippen molar-refractivity contribution < 1.29 is 22.7 Å². The number of hydrogen-bond acceptors (Lipinski definition) is 5. The van der Waals surface area contributed by atoms with Crippen molar-refractivity contribution in [2.24, 2.45) is 5.92 Å². The number of hydrogen-bond donors (Lipinski definition) is 1. The first-order valence-corrected chi connectivity index (χ1v) is 11.4. The third kappa shape index (κ3) is 4.55. The second kappa shape index (κ2) is 9.24. The van der Waals surface area contributed by atoms with Crippen molar-refractivity contribution in [1.29, 1.82) is 0 Å². The Kier molecular flexibility index (Phi) is 6.90. The fourth-order valence-corrected chi connectivity index (χ4v) is 5.35. The number of benzene rings is 2. The number of nitrogens with one attached hydrogen (secondary N) is 1. The zero-order chi connectivity index (χ0) is 21.9. The molecule has 0 saturated carbocycles. The first-order valence-electron chi connectivity index (χ1n) is 9.56. The van der Waals surface area contributed by atoms with E-state index in [0.29, 0.717) is 35.8 Å². The fourth-order valence-electron chi connectivity index (χ4n) is 3.48. The normalized spacial score (nSPS) is 17.4. The number of carbonyl (C=O) groups excluding carboxylic acids is 1. The summed E-state index contributed by atoms with van der Waals surface area (Å²) in [6.45, 7) is 2.25. The van der Waals surface area contributed by atoms with Crippen LogP contribution in [-0.2, 0) is 14.8 Å². The largest absolute Gasteiger partial charge is 0.497 e. The van der Waals surface area contributed by atoms with Crippen molar-refractivity contribution >= 4 is 33.2 Å². The van der Waals surface area contributed by atoms with E-state index in [2.05, 4.69) is 5.32 Å².